The van der Waals surface area contributed by atoms with Gasteiger partial charge in [0, 0.05) is 16.4 Å². The van der Waals surface area contributed by atoms with Crippen LogP contribution in [0.15, 0.2) is 30.4 Å². The van der Waals surface area contributed by atoms with Crippen molar-refractivity contribution in [2.75, 3.05) is 35.5 Å². The third-order valence-electron chi connectivity index (χ3n) is 6.93. The number of hydrogen-bond acceptors (Lipinski definition) is 16. The number of imidazole rings is 2. The van der Waals surface area contributed by atoms with Crippen LogP contribution in [0.3, 0.4) is 0 Å². The van der Waals surface area contributed by atoms with Crippen LogP contribution in [0.2, 0.25) is 0 Å². The normalized spacial score (nSPS) is 29.0. The van der Waals surface area contributed by atoms with E-state index in [9.17, 15) is 10.2 Å². The Morgan fingerprint density at radius 1 is 0.857 bits per heavy atom. The van der Waals surface area contributed by atoms with Crippen LogP contribution >= 0.6 is 23.5 Å². The van der Waals surface area contributed by atoms with E-state index >= 15 is 0 Å². The minimum absolute atomic E-state index is 0.253. The first-order valence-corrected chi connectivity index (χ1v) is 15.4. The van der Waals surface area contributed by atoms with Crippen molar-refractivity contribution < 1.29 is 19.7 Å². The van der Waals surface area contributed by atoms with E-state index in [-0.39, 0.29) is 11.9 Å². The Hall–Kier alpha value is -3.49. The van der Waals surface area contributed by atoms with Crippen molar-refractivity contribution in [1.29, 1.82) is 0 Å². The Kier molecular flexibility index (Phi) is 9.13. The zero-order valence-electron chi connectivity index (χ0n) is 22.5. The van der Waals surface area contributed by atoms with Gasteiger partial charge in [0.2, 0.25) is 0 Å². The number of azide groups is 1. The molecule has 0 saturated carbocycles. The highest BCUT2D eigenvalue weighted by atomic mass is 32.2. The van der Waals surface area contributed by atoms with E-state index in [1.165, 1.54) is 30.7 Å². The van der Waals surface area contributed by atoms with E-state index in [0.29, 0.717) is 39.7 Å². The Morgan fingerprint density at radius 3 is 1.88 bits per heavy atom. The number of rotatable bonds is 7. The number of nitrogens with two attached hydrogens (primary N) is 3. The zero-order chi connectivity index (χ0) is 30.0. The second-order valence-electron chi connectivity index (χ2n) is 9.46. The molecule has 0 aromatic carbocycles. The topological polar surface area (TPSA) is 273 Å². The van der Waals surface area contributed by atoms with E-state index in [4.69, 9.17) is 32.2 Å². The van der Waals surface area contributed by atoms with E-state index in [1.807, 2.05) is 12.5 Å². The molecule has 6 rings (SSSR count). The molecule has 6 heterocycles. The molecule has 18 nitrogen and oxygen atoms in total. The number of fused-ring (bicyclic) bond motifs is 2. The summed E-state index contributed by atoms with van der Waals surface area (Å²) in [4.78, 5) is 27.2. The van der Waals surface area contributed by atoms with Crippen molar-refractivity contribution in [3.63, 3.8) is 0 Å². The van der Waals surface area contributed by atoms with Crippen molar-refractivity contribution in [3.05, 3.63) is 35.8 Å². The Labute approximate surface area is 247 Å². The highest BCUT2D eigenvalue weighted by Crippen LogP contribution is 2.35. The summed E-state index contributed by atoms with van der Waals surface area (Å²) in [5.74, 6) is 1.82. The van der Waals surface area contributed by atoms with Gasteiger partial charge in [-0.05, 0) is 18.0 Å². The molecule has 224 valence electrons. The van der Waals surface area contributed by atoms with Gasteiger partial charge in [-0.25, -0.2) is 29.9 Å². The summed E-state index contributed by atoms with van der Waals surface area (Å²) in [5, 5.41) is 24.1. The van der Waals surface area contributed by atoms with Crippen molar-refractivity contribution in [3.8, 4) is 0 Å². The largest absolute Gasteiger partial charge is 0.390 e. The monoisotopic (exact) mass is 618 g/mol. The molecule has 8 N–H and O–H groups in total. The lowest BCUT2D eigenvalue weighted by atomic mass is 10.1. The first kappa shape index (κ1) is 30.0. The fourth-order valence-electron chi connectivity index (χ4n) is 4.88. The lowest BCUT2D eigenvalue weighted by Gasteiger charge is -2.17. The molecule has 2 aliphatic heterocycles. The molecule has 0 aliphatic carbocycles. The van der Waals surface area contributed by atoms with E-state index in [2.05, 4.69) is 39.9 Å². The lowest BCUT2D eigenvalue weighted by molar-refractivity contribution is -0.00495. The molecule has 8 atom stereocenters. The third-order valence-corrected chi connectivity index (χ3v) is 8.25. The molecular formula is C22H30N14O4S2. The molecule has 1 unspecified atom stereocenters. The zero-order valence-corrected chi connectivity index (χ0v) is 24.2. The van der Waals surface area contributed by atoms with Crippen molar-refractivity contribution in [1.82, 2.24) is 39.0 Å². The molecule has 2 aliphatic rings. The molecule has 0 radical (unpaired) electrons. The summed E-state index contributed by atoms with van der Waals surface area (Å²) in [7, 11) is 0. The number of ether oxygens (including phenoxy) is 2. The van der Waals surface area contributed by atoms with Gasteiger partial charge in [0.15, 0.2) is 29.2 Å². The number of aliphatic hydroxyl groups is 2. The minimum Gasteiger partial charge on any atom is -0.390 e. The molecule has 0 spiro atoms. The summed E-state index contributed by atoms with van der Waals surface area (Å²) < 4.78 is 15.0. The number of anilines is 2. The highest BCUT2D eigenvalue weighted by molar-refractivity contribution is 7.98. The van der Waals surface area contributed by atoms with Crippen LogP contribution in [0.4, 0.5) is 11.6 Å². The standard InChI is InChI=1S/C11H14N8O2S.C11H16N6O2S/c1-22-2-5-8(20)6(17-18-13)11(21-5)19-4-16-7-9(12)14-3-15-10(7)19;1-20-2-5-8(18)6(12)11(19-5)17-4-16-7-9(13)14-3-15-10(7)17/h3-6,8,11,20H,2H2,1H3,(H2,12,14,15);3-6,8,11,18H,2,12H2,1H3,(H2,13,14,15)/t5-,6?,8-,11-;5-,6-,8-,11-/m11/s1. The Balaban J connectivity index is 0.000000169. The van der Waals surface area contributed by atoms with Crippen LogP contribution in [-0.2, 0) is 9.47 Å². The van der Waals surface area contributed by atoms with Gasteiger partial charge in [-0.15, -0.1) is 0 Å². The van der Waals surface area contributed by atoms with E-state index in [1.54, 1.807) is 27.2 Å². The Morgan fingerprint density at radius 2 is 1.36 bits per heavy atom. The van der Waals surface area contributed by atoms with Crippen molar-refractivity contribution >= 4 is 57.5 Å². The fraction of sp³-hybridized carbons (Fsp3) is 0.545. The molecule has 20 heteroatoms. The van der Waals surface area contributed by atoms with Gasteiger partial charge >= 0.3 is 0 Å². The predicted molar refractivity (Wildman–Crippen MR) is 157 cm³/mol. The van der Waals surface area contributed by atoms with Crippen LogP contribution in [0.1, 0.15) is 12.5 Å². The maximum atomic E-state index is 10.3. The number of thioether (sulfide) groups is 2. The van der Waals surface area contributed by atoms with Gasteiger partial charge in [0.25, 0.3) is 0 Å². The van der Waals surface area contributed by atoms with Crippen LogP contribution in [0, 0.1) is 0 Å². The molecule has 2 saturated heterocycles. The van der Waals surface area contributed by atoms with E-state index in [0.717, 1.165) is 0 Å². The highest BCUT2D eigenvalue weighted by Gasteiger charge is 2.45. The molecule has 2 fully saturated rings. The number of aromatic nitrogens is 8. The SMILES string of the molecule is CSC[C@H]1O[C@@H](n2cnc3c(N)ncnc32)C(N=[N+]=[N-])[C@@H]1O.CSC[C@H]1O[C@@H](n2cnc3c(N)ncnc32)[C@H](N)[C@@H]1O. The summed E-state index contributed by atoms with van der Waals surface area (Å²) in [6.45, 7) is 0. The molecule has 0 amide bonds. The maximum absolute atomic E-state index is 10.3. The van der Waals surface area contributed by atoms with Gasteiger partial charge in [0.05, 0.1) is 37.0 Å². The quantitative estimate of drug-likeness (QED) is 0.104. The first-order chi connectivity index (χ1) is 20.3. The Bertz CT molecular complexity index is 1580. The maximum Gasteiger partial charge on any atom is 0.167 e. The second kappa shape index (κ2) is 12.8. The number of nitrogen functional groups attached to an aromatic ring is 2. The summed E-state index contributed by atoms with van der Waals surface area (Å²) in [6, 6.07) is -1.31. The number of aliphatic hydroxyl groups excluding tert-OH is 2. The van der Waals surface area contributed by atoms with Gasteiger partial charge in [-0.3, -0.25) is 9.13 Å². The van der Waals surface area contributed by atoms with E-state index < -0.39 is 42.9 Å². The van der Waals surface area contributed by atoms with Crippen LogP contribution in [0.25, 0.3) is 32.8 Å². The molecule has 4 aromatic heterocycles. The average molecular weight is 619 g/mol. The van der Waals surface area contributed by atoms with Gasteiger partial charge in [-0.2, -0.15) is 23.5 Å². The number of nitrogens with zero attached hydrogens (tertiary/aromatic N) is 11. The third kappa shape index (κ3) is 5.50. The summed E-state index contributed by atoms with van der Waals surface area (Å²) in [5.41, 5.74) is 28.3. The van der Waals surface area contributed by atoms with Crippen LogP contribution < -0.4 is 17.2 Å². The van der Waals surface area contributed by atoms with Crippen LogP contribution in [-0.4, -0.2) is 110 Å². The van der Waals surface area contributed by atoms with Gasteiger partial charge in [0.1, 0.15) is 42.1 Å². The first-order valence-electron chi connectivity index (χ1n) is 12.6. The summed E-state index contributed by atoms with van der Waals surface area (Å²) >= 11 is 3.14. The van der Waals surface area contributed by atoms with Gasteiger partial charge in [-0.1, -0.05) is 5.11 Å². The molecule has 42 heavy (non-hydrogen) atoms. The smallest absolute Gasteiger partial charge is 0.167 e. The molecule has 0 bridgehead atoms. The number of hydrogen-bond donors (Lipinski definition) is 5. The molecular weight excluding hydrogens is 588 g/mol. The average Bonchev–Trinajstić information content (AvgIpc) is 3.74. The van der Waals surface area contributed by atoms with Crippen molar-refractivity contribution in [2.24, 2.45) is 10.8 Å². The lowest BCUT2D eigenvalue weighted by Crippen LogP contribution is -2.39. The van der Waals surface area contributed by atoms with Crippen molar-refractivity contribution in [2.45, 2.75) is 49.0 Å². The fourth-order valence-corrected chi connectivity index (χ4v) is 6.09. The minimum atomic E-state index is -0.898. The van der Waals surface area contributed by atoms with Crippen LogP contribution in [0.5, 0.6) is 0 Å². The second-order valence-corrected chi connectivity index (χ2v) is 11.3. The predicted octanol–water partition coefficient (Wildman–Crippen LogP) is 0.0658. The molecule has 4 aromatic rings. The van der Waals surface area contributed by atoms with Gasteiger partial charge < -0.3 is 36.9 Å². The summed E-state index contributed by atoms with van der Waals surface area (Å²) in [6.07, 6.45) is 6.05.